The van der Waals surface area contributed by atoms with Crippen molar-refractivity contribution in [1.29, 1.82) is 0 Å². The lowest BCUT2D eigenvalue weighted by atomic mass is 10.0. The minimum absolute atomic E-state index is 0.194. The zero-order chi connectivity index (χ0) is 17.8. The van der Waals surface area contributed by atoms with Crippen molar-refractivity contribution in [3.05, 3.63) is 41.3 Å². The van der Waals surface area contributed by atoms with Crippen molar-refractivity contribution in [2.24, 2.45) is 0 Å². The summed E-state index contributed by atoms with van der Waals surface area (Å²) in [5.74, 6) is 1.38. The molecular weight excluding hydrogens is 328 g/mol. The molecule has 2 aliphatic rings. The number of anilines is 2. The van der Waals surface area contributed by atoms with E-state index in [0.717, 1.165) is 68.9 Å². The largest absolute Gasteiger partial charge is 0.372 e. The third-order valence-electron chi connectivity index (χ3n) is 5.06. The van der Waals surface area contributed by atoms with Gasteiger partial charge in [0.15, 0.2) is 0 Å². The number of rotatable bonds is 4. The standard InChI is InChI=1S/C19H26N6O/c20-19-23-17-6-9-21-8-5-16(17)18(24-19)25-10-2-4-15(12-25)26-13-14-3-1-7-22-11-14/h1,3,7,11,15,21H,2,4-6,8-10,12-13H2,(H2,20,23,24)/t15-/m0/s1. The fourth-order valence-electron chi connectivity index (χ4n) is 3.77. The van der Waals surface area contributed by atoms with Crippen molar-refractivity contribution < 1.29 is 4.74 Å². The molecule has 1 saturated heterocycles. The minimum atomic E-state index is 0.194. The molecule has 4 rings (SSSR count). The number of pyridine rings is 1. The van der Waals surface area contributed by atoms with Crippen LogP contribution >= 0.6 is 0 Å². The highest BCUT2D eigenvalue weighted by molar-refractivity contribution is 5.53. The monoisotopic (exact) mass is 354 g/mol. The topological polar surface area (TPSA) is 89.2 Å². The quantitative estimate of drug-likeness (QED) is 0.856. The molecule has 0 spiro atoms. The average molecular weight is 354 g/mol. The van der Waals surface area contributed by atoms with Crippen molar-refractivity contribution in [3.8, 4) is 0 Å². The van der Waals surface area contributed by atoms with E-state index in [9.17, 15) is 0 Å². The number of hydrogen-bond donors (Lipinski definition) is 2. The highest BCUT2D eigenvalue weighted by Crippen LogP contribution is 2.27. The second-order valence-electron chi connectivity index (χ2n) is 6.96. The van der Waals surface area contributed by atoms with Crippen molar-refractivity contribution in [1.82, 2.24) is 20.3 Å². The van der Waals surface area contributed by atoms with Gasteiger partial charge in [-0.25, -0.2) is 4.98 Å². The summed E-state index contributed by atoms with van der Waals surface area (Å²) in [4.78, 5) is 15.6. The first-order valence-electron chi connectivity index (χ1n) is 9.41. The van der Waals surface area contributed by atoms with E-state index in [-0.39, 0.29) is 6.10 Å². The molecule has 0 unspecified atom stereocenters. The van der Waals surface area contributed by atoms with Gasteiger partial charge in [0.1, 0.15) is 5.82 Å². The first kappa shape index (κ1) is 17.2. The first-order chi connectivity index (χ1) is 12.8. The fraction of sp³-hybridized carbons (Fsp3) is 0.526. The number of aromatic nitrogens is 3. The van der Waals surface area contributed by atoms with E-state index in [1.807, 2.05) is 18.3 Å². The molecule has 2 aliphatic heterocycles. The summed E-state index contributed by atoms with van der Waals surface area (Å²) in [5, 5.41) is 3.43. The van der Waals surface area contributed by atoms with Gasteiger partial charge in [-0.2, -0.15) is 4.98 Å². The molecule has 2 aromatic rings. The number of fused-ring (bicyclic) bond motifs is 1. The molecule has 0 aliphatic carbocycles. The van der Waals surface area contributed by atoms with Crippen LogP contribution < -0.4 is 16.0 Å². The van der Waals surface area contributed by atoms with Crippen LogP contribution in [0.15, 0.2) is 24.5 Å². The van der Waals surface area contributed by atoms with Gasteiger partial charge in [0, 0.05) is 44.0 Å². The lowest BCUT2D eigenvalue weighted by Gasteiger charge is -2.34. The van der Waals surface area contributed by atoms with E-state index in [2.05, 4.69) is 25.2 Å². The Labute approximate surface area is 154 Å². The summed E-state index contributed by atoms with van der Waals surface area (Å²) in [6, 6.07) is 3.99. The van der Waals surface area contributed by atoms with E-state index in [0.29, 0.717) is 12.6 Å². The Morgan fingerprint density at radius 2 is 2.19 bits per heavy atom. The number of nitrogens with one attached hydrogen (secondary N) is 1. The van der Waals surface area contributed by atoms with E-state index in [4.69, 9.17) is 10.5 Å². The van der Waals surface area contributed by atoms with Gasteiger partial charge in [0.25, 0.3) is 0 Å². The summed E-state index contributed by atoms with van der Waals surface area (Å²) < 4.78 is 6.15. The molecule has 1 atom stereocenters. The molecule has 138 valence electrons. The van der Waals surface area contributed by atoms with Crippen molar-refractivity contribution >= 4 is 11.8 Å². The van der Waals surface area contributed by atoms with Gasteiger partial charge in [-0.3, -0.25) is 4.98 Å². The third-order valence-corrected chi connectivity index (χ3v) is 5.06. The van der Waals surface area contributed by atoms with E-state index < -0.39 is 0 Å². The lowest BCUT2D eigenvalue weighted by molar-refractivity contribution is 0.0313. The van der Waals surface area contributed by atoms with Gasteiger partial charge in [-0.1, -0.05) is 6.07 Å². The molecular formula is C19H26N6O. The highest BCUT2D eigenvalue weighted by atomic mass is 16.5. The summed E-state index contributed by atoms with van der Waals surface area (Å²) in [7, 11) is 0. The maximum Gasteiger partial charge on any atom is 0.222 e. The van der Waals surface area contributed by atoms with Crippen LogP contribution in [-0.2, 0) is 24.2 Å². The third kappa shape index (κ3) is 3.94. The summed E-state index contributed by atoms with van der Waals surface area (Å²) >= 11 is 0. The molecule has 1 fully saturated rings. The maximum atomic E-state index is 6.15. The predicted octanol–water partition coefficient (Wildman–Crippen LogP) is 1.33. The number of ether oxygens (including phenoxy) is 1. The number of hydrogen-bond acceptors (Lipinski definition) is 7. The zero-order valence-electron chi connectivity index (χ0n) is 15.0. The van der Waals surface area contributed by atoms with Gasteiger partial charge < -0.3 is 20.7 Å². The highest BCUT2D eigenvalue weighted by Gasteiger charge is 2.26. The zero-order valence-corrected chi connectivity index (χ0v) is 15.0. The van der Waals surface area contributed by atoms with Crippen LogP contribution in [0.3, 0.4) is 0 Å². The number of nitrogens with zero attached hydrogens (tertiary/aromatic N) is 4. The molecule has 4 heterocycles. The molecule has 7 nitrogen and oxygen atoms in total. The van der Waals surface area contributed by atoms with Crippen LogP contribution in [-0.4, -0.2) is 47.2 Å². The van der Waals surface area contributed by atoms with Crippen LogP contribution in [0, 0.1) is 0 Å². The smallest absolute Gasteiger partial charge is 0.222 e. The molecule has 0 bridgehead atoms. The SMILES string of the molecule is Nc1nc2c(c(N3CCC[C@H](OCc4cccnc4)C3)n1)CCNCC2. The molecule has 3 N–H and O–H groups in total. The van der Waals surface area contributed by atoms with Crippen molar-refractivity contribution in [2.45, 2.75) is 38.4 Å². The molecule has 0 radical (unpaired) electrons. The normalized spacial score (nSPS) is 20.5. The lowest BCUT2D eigenvalue weighted by Crippen LogP contribution is -2.41. The Balaban J connectivity index is 1.48. The van der Waals surface area contributed by atoms with Gasteiger partial charge in [-0.15, -0.1) is 0 Å². The van der Waals surface area contributed by atoms with Gasteiger partial charge in [0.05, 0.1) is 18.4 Å². The Hall–Kier alpha value is -2.25. The van der Waals surface area contributed by atoms with Gasteiger partial charge in [0.2, 0.25) is 5.95 Å². The Kier molecular flexibility index (Phi) is 5.26. The van der Waals surface area contributed by atoms with E-state index in [1.54, 1.807) is 6.20 Å². The van der Waals surface area contributed by atoms with E-state index >= 15 is 0 Å². The average Bonchev–Trinajstić information content (AvgIpc) is 2.92. The second kappa shape index (κ2) is 7.97. The molecule has 0 saturated carbocycles. The second-order valence-corrected chi connectivity index (χ2v) is 6.96. The van der Waals surface area contributed by atoms with Crippen LogP contribution in [0.1, 0.15) is 29.7 Å². The Bertz CT molecular complexity index is 738. The van der Waals surface area contributed by atoms with Crippen LogP contribution in [0.2, 0.25) is 0 Å². The molecule has 7 heteroatoms. The summed E-state index contributed by atoms with van der Waals surface area (Å²) in [6.45, 7) is 4.34. The van der Waals surface area contributed by atoms with E-state index in [1.165, 1.54) is 5.56 Å². The minimum Gasteiger partial charge on any atom is -0.372 e. The van der Waals surface area contributed by atoms with Gasteiger partial charge in [-0.05, 0) is 37.4 Å². The summed E-state index contributed by atoms with van der Waals surface area (Å²) in [5.41, 5.74) is 9.45. The number of piperidine rings is 1. The number of nitrogen functional groups attached to an aromatic ring is 1. The van der Waals surface area contributed by atoms with Crippen molar-refractivity contribution in [2.75, 3.05) is 36.8 Å². The fourth-order valence-corrected chi connectivity index (χ4v) is 3.77. The summed E-state index contributed by atoms with van der Waals surface area (Å²) in [6.07, 6.45) is 7.85. The predicted molar refractivity (Wildman–Crippen MR) is 101 cm³/mol. The molecule has 0 amide bonds. The first-order valence-corrected chi connectivity index (χ1v) is 9.41. The molecule has 2 aromatic heterocycles. The maximum absolute atomic E-state index is 6.15. The van der Waals surface area contributed by atoms with Crippen LogP contribution in [0.25, 0.3) is 0 Å². The molecule has 0 aromatic carbocycles. The Morgan fingerprint density at radius 1 is 1.27 bits per heavy atom. The van der Waals surface area contributed by atoms with Gasteiger partial charge >= 0.3 is 0 Å². The van der Waals surface area contributed by atoms with Crippen molar-refractivity contribution in [3.63, 3.8) is 0 Å². The Morgan fingerprint density at radius 3 is 3.08 bits per heavy atom. The molecule has 26 heavy (non-hydrogen) atoms. The van der Waals surface area contributed by atoms with Crippen LogP contribution in [0.5, 0.6) is 0 Å². The number of nitrogens with two attached hydrogens (primary N) is 1. The van der Waals surface area contributed by atoms with Crippen LogP contribution in [0.4, 0.5) is 11.8 Å².